The zero-order chi connectivity index (χ0) is 20.4. The molecule has 28 heavy (non-hydrogen) atoms. The lowest BCUT2D eigenvalue weighted by Crippen LogP contribution is -2.59. The lowest BCUT2D eigenvalue weighted by atomic mass is 10.1. The van der Waals surface area contributed by atoms with Crippen LogP contribution in [0.3, 0.4) is 0 Å². The molecule has 0 spiro atoms. The fraction of sp³-hybridized carbons (Fsp3) is 0.400. The summed E-state index contributed by atoms with van der Waals surface area (Å²) in [6.07, 6.45) is 0. The number of H-pyrrole nitrogens is 1. The van der Waals surface area contributed by atoms with Crippen LogP contribution in [-0.4, -0.2) is 46.1 Å². The molecular weight excluding hydrogens is 356 g/mol. The van der Waals surface area contributed by atoms with E-state index in [1.54, 1.807) is 11.8 Å². The average molecular weight is 380 g/mol. The summed E-state index contributed by atoms with van der Waals surface area (Å²) in [6, 6.07) is 6.98. The minimum Gasteiger partial charge on any atom is -0.365 e. The van der Waals surface area contributed by atoms with Crippen LogP contribution in [0.15, 0.2) is 29.1 Å². The van der Waals surface area contributed by atoms with Crippen LogP contribution in [0.2, 0.25) is 0 Å². The lowest BCUT2D eigenvalue weighted by molar-refractivity contribution is 0.173. The van der Waals surface area contributed by atoms with E-state index in [1.165, 1.54) is 6.07 Å². The van der Waals surface area contributed by atoms with Crippen LogP contribution in [0.5, 0.6) is 0 Å². The van der Waals surface area contributed by atoms with E-state index in [0.717, 1.165) is 11.3 Å². The Hall–Kier alpha value is -3.34. The molecule has 3 rings (SSSR count). The molecule has 2 aromatic rings. The van der Waals surface area contributed by atoms with Crippen LogP contribution in [0.4, 0.5) is 22.1 Å². The van der Waals surface area contributed by atoms with E-state index < -0.39 is 0 Å². The number of nitrogens with zero attached hydrogens (tertiary/aromatic N) is 4. The van der Waals surface area contributed by atoms with E-state index in [1.807, 2.05) is 32.0 Å². The Morgan fingerprint density at radius 2 is 2.00 bits per heavy atom. The van der Waals surface area contributed by atoms with Gasteiger partial charge in [-0.25, -0.2) is 14.6 Å². The molecule has 1 saturated heterocycles. The first kappa shape index (κ1) is 19.4. The fourth-order valence-corrected chi connectivity index (χ4v) is 3.52. The second-order valence-corrected chi connectivity index (χ2v) is 7.25. The van der Waals surface area contributed by atoms with Crippen molar-refractivity contribution in [2.75, 3.05) is 23.3 Å². The molecule has 2 heterocycles. The SMILES string of the molecule is [C-]#[N+]c1ccc(N2C[C@@H](C)N(C(=O)Nc3nc(C)cc(=O)[nH]3)C[C@@H]2C)cc1C. The van der Waals surface area contributed by atoms with Gasteiger partial charge in [0.25, 0.3) is 5.56 Å². The van der Waals surface area contributed by atoms with Crippen LogP contribution < -0.4 is 15.8 Å². The van der Waals surface area contributed by atoms with Crippen LogP contribution in [0.25, 0.3) is 4.85 Å². The summed E-state index contributed by atoms with van der Waals surface area (Å²) in [6.45, 7) is 16.1. The number of urea groups is 1. The number of rotatable bonds is 2. The molecule has 1 aromatic heterocycles. The van der Waals surface area contributed by atoms with Crippen molar-refractivity contribution in [1.82, 2.24) is 14.9 Å². The van der Waals surface area contributed by atoms with Gasteiger partial charge in [0.2, 0.25) is 5.95 Å². The molecule has 8 nitrogen and oxygen atoms in total. The Bertz CT molecular complexity index is 993. The van der Waals surface area contributed by atoms with E-state index in [0.29, 0.717) is 24.5 Å². The highest BCUT2D eigenvalue weighted by Gasteiger charge is 2.32. The Balaban J connectivity index is 1.74. The van der Waals surface area contributed by atoms with Crippen LogP contribution >= 0.6 is 0 Å². The highest BCUT2D eigenvalue weighted by Crippen LogP contribution is 2.28. The summed E-state index contributed by atoms with van der Waals surface area (Å²) in [5, 5.41) is 2.69. The monoisotopic (exact) mass is 380 g/mol. The second-order valence-electron chi connectivity index (χ2n) is 7.25. The summed E-state index contributed by atoms with van der Waals surface area (Å²) in [7, 11) is 0. The van der Waals surface area contributed by atoms with E-state index in [4.69, 9.17) is 6.57 Å². The smallest absolute Gasteiger partial charge is 0.324 e. The number of aryl methyl sites for hydroxylation is 2. The topological polar surface area (TPSA) is 85.7 Å². The third-order valence-corrected chi connectivity index (χ3v) is 4.97. The van der Waals surface area contributed by atoms with Gasteiger partial charge in [0.1, 0.15) is 0 Å². The molecule has 1 aliphatic heterocycles. The molecular formula is C20H24N6O2. The predicted octanol–water partition coefficient (Wildman–Crippen LogP) is 3.07. The zero-order valence-corrected chi connectivity index (χ0v) is 16.5. The van der Waals surface area contributed by atoms with Crippen molar-refractivity contribution >= 4 is 23.4 Å². The molecule has 2 amide bonds. The molecule has 2 N–H and O–H groups in total. The van der Waals surface area contributed by atoms with Gasteiger partial charge in [-0.2, -0.15) is 0 Å². The minimum atomic E-state index is -0.299. The van der Waals surface area contributed by atoms with Crippen molar-refractivity contribution in [1.29, 1.82) is 0 Å². The van der Waals surface area contributed by atoms with E-state index in [9.17, 15) is 9.59 Å². The quantitative estimate of drug-likeness (QED) is 0.784. The zero-order valence-electron chi connectivity index (χ0n) is 16.5. The third kappa shape index (κ3) is 3.98. The van der Waals surface area contributed by atoms with Crippen LogP contribution in [-0.2, 0) is 0 Å². The number of hydrogen-bond acceptors (Lipinski definition) is 4. The molecule has 1 aromatic carbocycles. The van der Waals surface area contributed by atoms with Gasteiger partial charge in [-0.3, -0.25) is 15.1 Å². The van der Waals surface area contributed by atoms with Gasteiger partial charge < -0.3 is 9.80 Å². The molecule has 0 aliphatic carbocycles. The molecule has 0 radical (unpaired) electrons. The predicted molar refractivity (Wildman–Crippen MR) is 109 cm³/mol. The Labute approximate surface area is 164 Å². The fourth-order valence-electron chi connectivity index (χ4n) is 3.52. The van der Waals surface area contributed by atoms with E-state index >= 15 is 0 Å². The largest absolute Gasteiger partial charge is 0.365 e. The summed E-state index contributed by atoms with van der Waals surface area (Å²) < 4.78 is 0. The summed E-state index contributed by atoms with van der Waals surface area (Å²) in [5.74, 6) is 0.155. The molecule has 1 fully saturated rings. The standard InChI is InChI=1S/C20H24N6O2/c1-12-8-16(6-7-17(12)21-5)25-10-15(4)26(11-14(25)3)20(28)24-19-22-13(2)9-18(27)23-19/h6-9,14-15H,10-11H2,1-4H3,(H2,22,23,24,27,28)/t14-,15+/m0/s1. The van der Waals surface area contributed by atoms with Crippen LogP contribution in [0, 0.1) is 20.4 Å². The number of aromatic amines is 1. The Morgan fingerprint density at radius 3 is 2.64 bits per heavy atom. The van der Waals surface area contributed by atoms with Crippen molar-refractivity contribution in [2.24, 2.45) is 0 Å². The number of carbonyl (C=O) groups excluding carboxylic acids is 1. The van der Waals surface area contributed by atoms with Crippen LogP contribution in [0.1, 0.15) is 25.1 Å². The molecule has 0 unspecified atom stereocenters. The Kier molecular flexibility index (Phi) is 5.36. The summed E-state index contributed by atoms with van der Waals surface area (Å²) >= 11 is 0. The molecule has 8 heteroatoms. The first-order chi connectivity index (χ1) is 13.3. The number of anilines is 2. The van der Waals surface area contributed by atoms with Gasteiger partial charge in [0.15, 0.2) is 5.69 Å². The second kappa shape index (κ2) is 7.72. The molecule has 0 saturated carbocycles. The van der Waals surface area contributed by atoms with Gasteiger partial charge in [0.05, 0.1) is 6.57 Å². The number of carbonyl (C=O) groups is 1. The van der Waals surface area contributed by atoms with Gasteiger partial charge in [0, 0.05) is 42.6 Å². The van der Waals surface area contributed by atoms with Crippen molar-refractivity contribution in [3.05, 3.63) is 57.3 Å². The number of piperazine rings is 1. The maximum atomic E-state index is 12.7. The van der Waals surface area contributed by atoms with Gasteiger partial charge in [-0.05, 0) is 45.4 Å². The summed E-state index contributed by atoms with van der Waals surface area (Å²) in [4.78, 5) is 38.5. The number of hydrogen-bond donors (Lipinski definition) is 2. The number of benzene rings is 1. The van der Waals surface area contributed by atoms with Crippen molar-refractivity contribution in [3.8, 4) is 0 Å². The van der Waals surface area contributed by atoms with E-state index in [2.05, 4.69) is 32.0 Å². The Morgan fingerprint density at radius 1 is 1.25 bits per heavy atom. The van der Waals surface area contributed by atoms with Crippen molar-refractivity contribution in [3.63, 3.8) is 0 Å². The number of aromatic nitrogens is 2. The van der Waals surface area contributed by atoms with Crippen molar-refractivity contribution in [2.45, 2.75) is 39.8 Å². The maximum absolute atomic E-state index is 12.7. The van der Waals surface area contributed by atoms with E-state index in [-0.39, 0.29) is 29.6 Å². The molecule has 146 valence electrons. The van der Waals surface area contributed by atoms with Gasteiger partial charge in [-0.15, -0.1) is 0 Å². The average Bonchev–Trinajstić information content (AvgIpc) is 2.62. The first-order valence-electron chi connectivity index (χ1n) is 9.19. The highest BCUT2D eigenvalue weighted by atomic mass is 16.2. The third-order valence-electron chi connectivity index (χ3n) is 4.97. The number of nitrogens with one attached hydrogen (secondary N) is 2. The molecule has 0 bridgehead atoms. The maximum Gasteiger partial charge on any atom is 0.324 e. The lowest BCUT2D eigenvalue weighted by Gasteiger charge is -2.45. The number of amides is 2. The van der Waals surface area contributed by atoms with Crippen molar-refractivity contribution < 1.29 is 4.79 Å². The van der Waals surface area contributed by atoms with Gasteiger partial charge in [-0.1, -0.05) is 6.07 Å². The summed E-state index contributed by atoms with van der Waals surface area (Å²) in [5.41, 5.74) is 2.90. The van der Waals surface area contributed by atoms with Gasteiger partial charge >= 0.3 is 6.03 Å². The molecule has 2 atom stereocenters. The highest BCUT2D eigenvalue weighted by molar-refractivity contribution is 5.88. The normalized spacial score (nSPS) is 19.2. The first-order valence-corrected chi connectivity index (χ1v) is 9.19. The molecule has 1 aliphatic rings. The minimum absolute atomic E-state index is 0.0337.